The van der Waals surface area contributed by atoms with E-state index in [-0.39, 0.29) is 17.3 Å². The van der Waals surface area contributed by atoms with E-state index in [1.807, 2.05) is 6.92 Å². The first kappa shape index (κ1) is 15.0. The molecular formula is C16H15FN4O2. The summed E-state index contributed by atoms with van der Waals surface area (Å²) in [5.41, 5.74) is 0.925. The summed E-state index contributed by atoms with van der Waals surface area (Å²) < 4.78 is 19.5. The van der Waals surface area contributed by atoms with Gasteiger partial charge in [-0.25, -0.2) is 9.37 Å². The molecule has 2 N–H and O–H groups in total. The number of hydrogen-bond acceptors (Lipinski definition) is 4. The second-order valence-electron chi connectivity index (χ2n) is 4.96. The van der Waals surface area contributed by atoms with Crippen LogP contribution in [-0.4, -0.2) is 21.1 Å². The number of carbonyl (C=O) groups is 1. The van der Waals surface area contributed by atoms with Crippen LogP contribution < -0.4 is 5.32 Å². The van der Waals surface area contributed by atoms with Gasteiger partial charge in [0.15, 0.2) is 5.82 Å². The Labute approximate surface area is 131 Å². The number of aromatic nitrogens is 3. The number of benzene rings is 1. The Morgan fingerprint density at radius 1 is 1.39 bits per heavy atom. The first-order valence-corrected chi connectivity index (χ1v) is 7.22. The summed E-state index contributed by atoms with van der Waals surface area (Å²) in [6.45, 7) is 2.00. The monoisotopic (exact) mass is 314 g/mol. The van der Waals surface area contributed by atoms with Crippen molar-refractivity contribution in [3.05, 3.63) is 54.0 Å². The minimum atomic E-state index is -0.500. The number of rotatable bonds is 5. The third-order valence-corrected chi connectivity index (χ3v) is 3.38. The Morgan fingerprint density at radius 2 is 2.26 bits per heavy atom. The van der Waals surface area contributed by atoms with Gasteiger partial charge in [-0.3, -0.25) is 9.89 Å². The van der Waals surface area contributed by atoms with Crippen LogP contribution in [0.15, 0.2) is 41.3 Å². The lowest BCUT2D eigenvalue weighted by Gasteiger charge is -2.10. The van der Waals surface area contributed by atoms with Gasteiger partial charge in [-0.05, 0) is 24.6 Å². The summed E-state index contributed by atoms with van der Waals surface area (Å²) in [5.74, 6) is 0.0103. The Hall–Kier alpha value is -2.96. The quantitative estimate of drug-likeness (QED) is 0.756. The predicted molar refractivity (Wildman–Crippen MR) is 82.4 cm³/mol. The van der Waals surface area contributed by atoms with E-state index in [4.69, 9.17) is 4.42 Å². The number of anilines is 1. The van der Waals surface area contributed by atoms with Crippen LogP contribution in [0.2, 0.25) is 0 Å². The maximum Gasteiger partial charge on any atom is 0.259 e. The van der Waals surface area contributed by atoms with E-state index in [1.54, 1.807) is 12.1 Å². The average molecular weight is 314 g/mol. The van der Waals surface area contributed by atoms with Gasteiger partial charge in [0, 0.05) is 6.42 Å². The number of H-pyrrole nitrogens is 1. The molecule has 1 amide bonds. The lowest BCUT2D eigenvalue weighted by Crippen LogP contribution is -2.14. The first-order valence-electron chi connectivity index (χ1n) is 7.22. The highest BCUT2D eigenvalue weighted by Crippen LogP contribution is 2.28. The molecule has 6 nitrogen and oxygen atoms in total. The minimum Gasteiger partial charge on any atom is -0.469 e. The van der Waals surface area contributed by atoms with Crippen LogP contribution in [0.4, 0.5) is 10.1 Å². The van der Waals surface area contributed by atoms with Crippen LogP contribution in [0.25, 0.3) is 11.4 Å². The second kappa shape index (κ2) is 6.43. The summed E-state index contributed by atoms with van der Waals surface area (Å²) in [5, 5.41) is 9.04. The molecule has 2 aromatic heterocycles. The number of carbonyl (C=O) groups excluding carboxylic acids is 1. The molecule has 0 saturated heterocycles. The number of amides is 1. The van der Waals surface area contributed by atoms with Crippen LogP contribution in [0.1, 0.15) is 29.5 Å². The first-order chi connectivity index (χ1) is 11.2. The average Bonchev–Trinajstić information content (AvgIpc) is 3.19. The third-order valence-electron chi connectivity index (χ3n) is 3.38. The van der Waals surface area contributed by atoms with Crippen molar-refractivity contribution in [3.63, 3.8) is 0 Å². The van der Waals surface area contributed by atoms with E-state index in [2.05, 4.69) is 20.5 Å². The normalized spacial score (nSPS) is 10.7. The zero-order valence-corrected chi connectivity index (χ0v) is 12.5. The van der Waals surface area contributed by atoms with Crippen molar-refractivity contribution < 1.29 is 13.6 Å². The number of furan rings is 1. The van der Waals surface area contributed by atoms with Crippen LogP contribution in [-0.2, 0) is 6.42 Å². The zero-order valence-electron chi connectivity index (χ0n) is 12.5. The summed E-state index contributed by atoms with van der Waals surface area (Å²) in [6, 6.07) is 6.03. The minimum absolute atomic E-state index is 0.166. The molecule has 0 aliphatic heterocycles. The standard InChI is InChI=1S/C16H15FN4O2/c1-2-4-13-10(7-8-23-13)16(22)20-12-6-3-5-11(17)14(12)15-18-9-19-21-15/h3,5-9H,2,4H2,1H3,(H,20,22)(H,18,19,21). The molecule has 118 valence electrons. The third kappa shape index (κ3) is 2.98. The summed E-state index contributed by atoms with van der Waals surface area (Å²) >= 11 is 0. The molecule has 0 radical (unpaired) electrons. The van der Waals surface area contributed by atoms with Crippen LogP contribution >= 0.6 is 0 Å². The van der Waals surface area contributed by atoms with Gasteiger partial charge in [-0.15, -0.1) is 0 Å². The smallest absolute Gasteiger partial charge is 0.259 e. The van der Waals surface area contributed by atoms with Gasteiger partial charge in [0.2, 0.25) is 0 Å². The molecule has 0 atom stereocenters. The maximum absolute atomic E-state index is 14.1. The van der Waals surface area contributed by atoms with Crippen molar-refractivity contribution in [2.24, 2.45) is 0 Å². The molecule has 7 heteroatoms. The Kier molecular flexibility index (Phi) is 4.18. The van der Waals surface area contributed by atoms with Crippen molar-refractivity contribution >= 4 is 11.6 Å². The fraction of sp³-hybridized carbons (Fsp3) is 0.188. The predicted octanol–water partition coefficient (Wildman–Crippen LogP) is 3.41. The molecule has 0 spiro atoms. The SMILES string of the molecule is CCCc1occc1C(=O)Nc1cccc(F)c1-c1ncn[nH]1. The van der Waals surface area contributed by atoms with E-state index < -0.39 is 5.82 Å². The highest BCUT2D eigenvalue weighted by atomic mass is 19.1. The highest BCUT2D eigenvalue weighted by Gasteiger charge is 2.18. The number of hydrogen-bond donors (Lipinski definition) is 2. The van der Waals surface area contributed by atoms with Gasteiger partial charge in [0.25, 0.3) is 5.91 Å². The van der Waals surface area contributed by atoms with Crippen molar-refractivity contribution in [3.8, 4) is 11.4 Å². The zero-order chi connectivity index (χ0) is 16.2. The number of nitrogens with zero attached hydrogens (tertiary/aromatic N) is 2. The molecule has 1 aromatic carbocycles. The van der Waals surface area contributed by atoms with E-state index in [0.29, 0.717) is 23.4 Å². The fourth-order valence-corrected chi connectivity index (χ4v) is 2.35. The van der Waals surface area contributed by atoms with Gasteiger partial charge in [0.05, 0.1) is 23.1 Å². The van der Waals surface area contributed by atoms with E-state index >= 15 is 0 Å². The van der Waals surface area contributed by atoms with Crippen molar-refractivity contribution in [1.29, 1.82) is 0 Å². The van der Waals surface area contributed by atoms with Gasteiger partial charge in [-0.2, -0.15) is 5.10 Å². The van der Waals surface area contributed by atoms with E-state index in [9.17, 15) is 9.18 Å². The molecule has 0 fully saturated rings. The number of aromatic amines is 1. The van der Waals surface area contributed by atoms with Gasteiger partial charge in [0.1, 0.15) is 17.9 Å². The van der Waals surface area contributed by atoms with Gasteiger partial charge in [-0.1, -0.05) is 13.0 Å². The van der Waals surface area contributed by atoms with E-state index in [0.717, 1.165) is 6.42 Å². The number of aryl methyl sites for hydroxylation is 1. The number of halogens is 1. The lowest BCUT2D eigenvalue weighted by atomic mass is 10.1. The molecule has 3 rings (SSSR count). The molecule has 0 aliphatic rings. The van der Waals surface area contributed by atoms with Gasteiger partial charge < -0.3 is 9.73 Å². The van der Waals surface area contributed by atoms with Crippen molar-refractivity contribution in [1.82, 2.24) is 15.2 Å². The van der Waals surface area contributed by atoms with Crippen LogP contribution in [0, 0.1) is 5.82 Å². The topological polar surface area (TPSA) is 83.8 Å². The van der Waals surface area contributed by atoms with E-state index in [1.165, 1.54) is 24.7 Å². The molecule has 0 aliphatic carbocycles. The largest absolute Gasteiger partial charge is 0.469 e. The van der Waals surface area contributed by atoms with Crippen LogP contribution in [0.5, 0.6) is 0 Å². The van der Waals surface area contributed by atoms with Crippen molar-refractivity contribution in [2.45, 2.75) is 19.8 Å². The summed E-state index contributed by atoms with van der Waals surface area (Å²) in [4.78, 5) is 16.4. The summed E-state index contributed by atoms with van der Waals surface area (Å²) in [7, 11) is 0. The van der Waals surface area contributed by atoms with Gasteiger partial charge >= 0.3 is 0 Å². The lowest BCUT2D eigenvalue weighted by molar-refractivity contribution is 0.102. The van der Waals surface area contributed by atoms with Crippen LogP contribution in [0.3, 0.4) is 0 Å². The highest BCUT2D eigenvalue weighted by molar-refractivity contribution is 6.06. The Morgan fingerprint density at radius 3 is 3.00 bits per heavy atom. The molecule has 0 unspecified atom stereocenters. The fourth-order valence-electron chi connectivity index (χ4n) is 2.35. The molecule has 23 heavy (non-hydrogen) atoms. The second-order valence-corrected chi connectivity index (χ2v) is 4.96. The molecule has 2 heterocycles. The maximum atomic E-state index is 14.1. The molecular weight excluding hydrogens is 299 g/mol. The summed E-state index contributed by atoms with van der Waals surface area (Å²) in [6.07, 6.45) is 4.27. The van der Waals surface area contributed by atoms with Crippen molar-refractivity contribution in [2.75, 3.05) is 5.32 Å². The Balaban J connectivity index is 1.93. The Bertz CT molecular complexity index is 811. The molecule has 3 aromatic rings. The number of nitrogens with one attached hydrogen (secondary N) is 2. The molecule has 0 saturated carbocycles. The molecule has 0 bridgehead atoms.